The van der Waals surface area contributed by atoms with Crippen LogP contribution in [0.1, 0.15) is 37.0 Å². The summed E-state index contributed by atoms with van der Waals surface area (Å²) in [5, 5.41) is 11.8. The highest BCUT2D eigenvalue weighted by Gasteiger charge is 2.17. The molecule has 5 heteroatoms. The van der Waals surface area contributed by atoms with E-state index < -0.39 is 5.97 Å². The Bertz CT molecular complexity index is 488. The van der Waals surface area contributed by atoms with Crippen LogP contribution in [0.25, 0.3) is 0 Å². The normalized spacial score (nSPS) is 12.2. The fourth-order valence-corrected chi connectivity index (χ4v) is 2.91. The standard InChI is InChI=1S/C16H23NO3S/c1-11(2)8-12(9-15(18)19)10-17-16(20)13-6-4-5-7-14(13)21-3/h4-7,11-12H,8-10H2,1-3H3,(H,17,20)(H,18,19)/t12-/m0/s1. The lowest BCUT2D eigenvalue weighted by Gasteiger charge is -2.18. The van der Waals surface area contributed by atoms with Crippen LogP contribution in [-0.4, -0.2) is 29.8 Å². The number of benzene rings is 1. The molecular formula is C16H23NO3S. The van der Waals surface area contributed by atoms with Crippen LogP contribution >= 0.6 is 11.8 Å². The summed E-state index contributed by atoms with van der Waals surface area (Å²) in [5.41, 5.74) is 0.642. The van der Waals surface area contributed by atoms with Crippen LogP contribution in [0.2, 0.25) is 0 Å². The third kappa shape index (κ3) is 6.21. The molecule has 1 atom stereocenters. The number of carboxylic acids is 1. The minimum Gasteiger partial charge on any atom is -0.481 e. The van der Waals surface area contributed by atoms with Crippen molar-refractivity contribution in [2.45, 2.75) is 31.6 Å². The zero-order valence-corrected chi connectivity index (χ0v) is 13.6. The van der Waals surface area contributed by atoms with Crippen LogP contribution in [-0.2, 0) is 4.79 Å². The third-order valence-corrected chi connectivity index (χ3v) is 3.97. The molecular weight excluding hydrogens is 286 g/mol. The van der Waals surface area contributed by atoms with E-state index in [1.807, 2.05) is 24.5 Å². The quantitative estimate of drug-likeness (QED) is 0.723. The summed E-state index contributed by atoms with van der Waals surface area (Å²) < 4.78 is 0. The number of hydrogen-bond donors (Lipinski definition) is 2. The van der Waals surface area contributed by atoms with E-state index >= 15 is 0 Å². The molecule has 1 rings (SSSR count). The lowest BCUT2D eigenvalue weighted by Crippen LogP contribution is -2.31. The van der Waals surface area contributed by atoms with Crippen molar-refractivity contribution in [1.82, 2.24) is 5.32 Å². The molecule has 21 heavy (non-hydrogen) atoms. The zero-order chi connectivity index (χ0) is 15.8. The molecule has 0 unspecified atom stereocenters. The van der Waals surface area contributed by atoms with Gasteiger partial charge in [0.05, 0.1) is 5.56 Å². The van der Waals surface area contributed by atoms with Crippen molar-refractivity contribution in [2.75, 3.05) is 12.8 Å². The van der Waals surface area contributed by atoms with Crippen LogP contribution in [0.15, 0.2) is 29.2 Å². The molecule has 2 N–H and O–H groups in total. The number of carbonyl (C=O) groups excluding carboxylic acids is 1. The van der Waals surface area contributed by atoms with Crippen molar-refractivity contribution >= 4 is 23.6 Å². The molecule has 0 aromatic heterocycles. The van der Waals surface area contributed by atoms with Gasteiger partial charge < -0.3 is 10.4 Å². The Labute approximate surface area is 130 Å². The fraction of sp³-hybridized carbons (Fsp3) is 0.500. The van der Waals surface area contributed by atoms with E-state index in [1.165, 1.54) is 11.8 Å². The predicted octanol–water partition coefficient (Wildman–Crippen LogP) is 3.28. The fourth-order valence-electron chi connectivity index (χ4n) is 2.32. The molecule has 116 valence electrons. The Balaban J connectivity index is 2.66. The summed E-state index contributed by atoms with van der Waals surface area (Å²) in [7, 11) is 0. The van der Waals surface area contributed by atoms with Gasteiger partial charge in [0.25, 0.3) is 5.91 Å². The molecule has 0 aliphatic rings. The van der Waals surface area contributed by atoms with Crippen molar-refractivity contribution in [3.63, 3.8) is 0 Å². The second-order valence-electron chi connectivity index (χ2n) is 5.50. The lowest BCUT2D eigenvalue weighted by atomic mass is 9.94. The van der Waals surface area contributed by atoms with Crippen LogP contribution in [0, 0.1) is 11.8 Å². The molecule has 1 amide bonds. The molecule has 0 saturated carbocycles. The summed E-state index contributed by atoms with van der Waals surface area (Å²) in [5.74, 6) is -0.587. The van der Waals surface area contributed by atoms with Gasteiger partial charge in [-0.1, -0.05) is 26.0 Å². The van der Waals surface area contributed by atoms with Gasteiger partial charge in [-0.3, -0.25) is 9.59 Å². The highest BCUT2D eigenvalue weighted by atomic mass is 32.2. The van der Waals surface area contributed by atoms with Gasteiger partial charge in [-0.2, -0.15) is 0 Å². The molecule has 4 nitrogen and oxygen atoms in total. The molecule has 0 aliphatic carbocycles. The van der Waals surface area contributed by atoms with E-state index in [-0.39, 0.29) is 18.2 Å². The van der Waals surface area contributed by atoms with E-state index in [9.17, 15) is 9.59 Å². The molecule has 1 aromatic rings. The van der Waals surface area contributed by atoms with Gasteiger partial charge in [0.2, 0.25) is 0 Å². The van der Waals surface area contributed by atoms with Gasteiger partial charge in [0.15, 0.2) is 0 Å². The van der Waals surface area contributed by atoms with E-state index in [0.717, 1.165) is 11.3 Å². The van der Waals surface area contributed by atoms with Crippen molar-refractivity contribution < 1.29 is 14.7 Å². The average molecular weight is 309 g/mol. The SMILES string of the molecule is CSc1ccccc1C(=O)NC[C@H](CC(=O)O)CC(C)C. The third-order valence-electron chi connectivity index (χ3n) is 3.17. The maximum atomic E-state index is 12.2. The van der Waals surface area contributed by atoms with E-state index in [4.69, 9.17) is 5.11 Å². The Morgan fingerprint density at radius 3 is 2.52 bits per heavy atom. The van der Waals surface area contributed by atoms with Crippen molar-refractivity contribution in [2.24, 2.45) is 11.8 Å². The highest BCUT2D eigenvalue weighted by molar-refractivity contribution is 7.98. The number of aliphatic carboxylic acids is 1. The minimum absolute atomic E-state index is 0.0344. The summed E-state index contributed by atoms with van der Waals surface area (Å²) in [6.45, 7) is 4.51. The Kier molecular flexibility index (Phi) is 7.29. The van der Waals surface area contributed by atoms with Crippen molar-refractivity contribution in [3.05, 3.63) is 29.8 Å². The van der Waals surface area contributed by atoms with Gasteiger partial charge in [0.1, 0.15) is 0 Å². The zero-order valence-electron chi connectivity index (χ0n) is 12.8. The Hall–Kier alpha value is -1.49. The first kappa shape index (κ1) is 17.6. The van der Waals surface area contributed by atoms with Crippen molar-refractivity contribution in [1.29, 1.82) is 0 Å². The van der Waals surface area contributed by atoms with Crippen molar-refractivity contribution in [3.8, 4) is 0 Å². The number of thioether (sulfide) groups is 1. The smallest absolute Gasteiger partial charge is 0.303 e. The minimum atomic E-state index is -0.820. The lowest BCUT2D eigenvalue weighted by molar-refractivity contribution is -0.138. The second-order valence-corrected chi connectivity index (χ2v) is 6.35. The summed E-state index contributed by atoms with van der Waals surface area (Å²) >= 11 is 1.52. The molecule has 0 spiro atoms. The molecule has 0 radical (unpaired) electrons. The first-order valence-electron chi connectivity index (χ1n) is 7.07. The monoisotopic (exact) mass is 309 g/mol. The molecule has 0 bridgehead atoms. The van der Waals surface area contributed by atoms with Gasteiger partial charge >= 0.3 is 5.97 Å². The molecule has 0 saturated heterocycles. The van der Waals surface area contributed by atoms with Crippen LogP contribution < -0.4 is 5.32 Å². The topological polar surface area (TPSA) is 66.4 Å². The van der Waals surface area contributed by atoms with Gasteiger partial charge in [-0.05, 0) is 36.6 Å². The Morgan fingerprint density at radius 2 is 1.95 bits per heavy atom. The first-order chi connectivity index (χ1) is 9.93. The van der Waals surface area contributed by atoms with Crippen LogP contribution in [0.3, 0.4) is 0 Å². The van der Waals surface area contributed by atoms with Gasteiger partial charge in [-0.15, -0.1) is 11.8 Å². The first-order valence-corrected chi connectivity index (χ1v) is 8.29. The second kappa shape index (κ2) is 8.72. The van der Waals surface area contributed by atoms with E-state index in [1.54, 1.807) is 6.07 Å². The maximum Gasteiger partial charge on any atom is 0.303 e. The number of nitrogens with one attached hydrogen (secondary N) is 1. The molecule has 0 fully saturated rings. The van der Waals surface area contributed by atoms with Crippen LogP contribution in [0.4, 0.5) is 0 Å². The molecule has 0 aliphatic heterocycles. The van der Waals surface area contributed by atoms with E-state index in [2.05, 4.69) is 19.2 Å². The Morgan fingerprint density at radius 1 is 1.29 bits per heavy atom. The maximum absolute atomic E-state index is 12.2. The highest BCUT2D eigenvalue weighted by Crippen LogP contribution is 2.20. The predicted molar refractivity (Wildman–Crippen MR) is 85.8 cm³/mol. The van der Waals surface area contributed by atoms with E-state index in [0.29, 0.717) is 18.0 Å². The van der Waals surface area contributed by atoms with Crippen LogP contribution in [0.5, 0.6) is 0 Å². The molecule has 0 heterocycles. The number of rotatable bonds is 8. The number of amides is 1. The number of carboxylic acid groups (broad SMARTS) is 1. The number of carbonyl (C=O) groups is 2. The van der Waals surface area contributed by atoms with Gasteiger partial charge in [0, 0.05) is 17.9 Å². The number of hydrogen-bond acceptors (Lipinski definition) is 3. The summed E-state index contributed by atoms with van der Waals surface area (Å²) in [6.07, 6.45) is 2.80. The average Bonchev–Trinajstić information content (AvgIpc) is 2.43. The summed E-state index contributed by atoms with van der Waals surface area (Å²) in [6, 6.07) is 7.42. The molecule has 1 aromatic carbocycles. The largest absolute Gasteiger partial charge is 0.481 e. The summed E-state index contributed by atoms with van der Waals surface area (Å²) in [4.78, 5) is 24.0. The van der Waals surface area contributed by atoms with Gasteiger partial charge in [-0.25, -0.2) is 0 Å².